The first-order valence-corrected chi connectivity index (χ1v) is 5.15. The Morgan fingerprint density at radius 1 is 1.27 bits per heavy atom. The Morgan fingerprint density at radius 2 is 2.00 bits per heavy atom. The molecule has 1 N–H and O–H groups in total. The summed E-state index contributed by atoms with van der Waals surface area (Å²) in [5.41, 5.74) is 0. The molecule has 0 saturated carbocycles. The van der Waals surface area contributed by atoms with Crippen LogP contribution in [0.1, 0.15) is 6.42 Å². The van der Waals surface area contributed by atoms with Gasteiger partial charge in [0, 0.05) is 26.1 Å². The molecule has 15 heavy (non-hydrogen) atoms. The molecule has 3 amide bonds. The van der Waals surface area contributed by atoms with Crippen molar-refractivity contribution >= 4 is 11.9 Å². The maximum Gasteiger partial charge on any atom is 0.325 e. The van der Waals surface area contributed by atoms with Gasteiger partial charge in [0.25, 0.3) is 0 Å². The highest BCUT2D eigenvalue weighted by molar-refractivity contribution is 5.96. The van der Waals surface area contributed by atoms with E-state index in [0.29, 0.717) is 32.8 Å². The summed E-state index contributed by atoms with van der Waals surface area (Å²) >= 11 is 0. The van der Waals surface area contributed by atoms with Gasteiger partial charge >= 0.3 is 6.03 Å². The lowest BCUT2D eigenvalue weighted by atomic mass is 10.3. The molecule has 0 aromatic carbocycles. The van der Waals surface area contributed by atoms with Gasteiger partial charge in [-0.25, -0.2) is 4.79 Å². The SMILES string of the molecule is O=C1CCNC(=O)N1CN1CCOCC1. The predicted octanol–water partition coefficient (Wildman–Crippen LogP) is -0.782. The van der Waals surface area contributed by atoms with Gasteiger partial charge in [-0.2, -0.15) is 0 Å². The summed E-state index contributed by atoms with van der Waals surface area (Å²) in [5.74, 6) is -0.0924. The number of rotatable bonds is 2. The van der Waals surface area contributed by atoms with Crippen molar-refractivity contribution in [3.05, 3.63) is 0 Å². The number of hydrogen-bond acceptors (Lipinski definition) is 4. The van der Waals surface area contributed by atoms with Crippen molar-refractivity contribution in [3.63, 3.8) is 0 Å². The van der Waals surface area contributed by atoms with Crippen molar-refractivity contribution in [2.75, 3.05) is 39.5 Å². The fourth-order valence-corrected chi connectivity index (χ4v) is 1.71. The molecular weight excluding hydrogens is 198 g/mol. The molecule has 2 rings (SSSR count). The van der Waals surface area contributed by atoms with Crippen LogP contribution < -0.4 is 5.32 Å². The van der Waals surface area contributed by atoms with Gasteiger partial charge in [0.05, 0.1) is 19.9 Å². The van der Waals surface area contributed by atoms with E-state index in [2.05, 4.69) is 5.32 Å². The van der Waals surface area contributed by atoms with Crippen LogP contribution in [-0.2, 0) is 9.53 Å². The molecule has 6 heteroatoms. The lowest BCUT2D eigenvalue weighted by Gasteiger charge is -2.33. The van der Waals surface area contributed by atoms with Crippen LogP contribution in [0.5, 0.6) is 0 Å². The summed E-state index contributed by atoms with van der Waals surface area (Å²) in [6.07, 6.45) is 0.399. The number of urea groups is 1. The zero-order chi connectivity index (χ0) is 10.7. The Labute approximate surface area is 88.2 Å². The van der Waals surface area contributed by atoms with Gasteiger partial charge in [0.15, 0.2) is 0 Å². The highest BCUT2D eigenvalue weighted by Crippen LogP contribution is 2.05. The molecule has 2 aliphatic rings. The monoisotopic (exact) mass is 213 g/mol. The lowest BCUT2D eigenvalue weighted by molar-refractivity contribution is -0.131. The summed E-state index contributed by atoms with van der Waals surface area (Å²) in [4.78, 5) is 26.2. The van der Waals surface area contributed by atoms with Crippen LogP contribution in [0.25, 0.3) is 0 Å². The average Bonchev–Trinajstić information content (AvgIpc) is 2.25. The fourth-order valence-electron chi connectivity index (χ4n) is 1.71. The first kappa shape index (κ1) is 10.4. The Morgan fingerprint density at radius 3 is 2.67 bits per heavy atom. The number of hydrogen-bond donors (Lipinski definition) is 1. The largest absolute Gasteiger partial charge is 0.379 e. The predicted molar refractivity (Wildman–Crippen MR) is 52.1 cm³/mol. The Hall–Kier alpha value is -1.14. The maximum atomic E-state index is 11.5. The van der Waals surface area contributed by atoms with Gasteiger partial charge in [-0.05, 0) is 0 Å². The normalized spacial score (nSPS) is 24.1. The maximum absolute atomic E-state index is 11.5. The zero-order valence-corrected chi connectivity index (χ0v) is 8.57. The van der Waals surface area contributed by atoms with Crippen molar-refractivity contribution in [1.29, 1.82) is 0 Å². The van der Waals surface area contributed by atoms with Gasteiger partial charge in [-0.15, -0.1) is 0 Å². The van der Waals surface area contributed by atoms with Crippen LogP contribution in [0.2, 0.25) is 0 Å². The second-order valence-electron chi connectivity index (χ2n) is 3.68. The quantitative estimate of drug-likeness (QED) is 0.653. The van der Waals surface area contributed by atoms with Crippen molar-refractivity contribution in [2.45, 2.75) is 6.42 Å². The third-order valence-corrected chi connectivity index (χ3v) is 2.61. The summed E-state index contributed by atoms with van der Waals surface area (Å²) in [6.45, 7) is 3.73. The van der Waals surface area contributed by atoms with Crippen LogP contribution >= 0.6 is 0 Å². The molecule has 6 nitrogen and oxygen atoms in total. The number of carbonyl (C=O) groups excluding carboxylic acids is 2. The Bertz CT molecular complexity index is 247. The summed E-state index contributed by atoms with van der Waals surface area (Å²) in [6, 6.07) is -0.280. The van der Waals surface area contributed by atoms with E-state index < -0.39 is 0 Å². The summed E-state index contributed by atoms with van der Waals surface area (Å²) in [5, 5.41) is 2.66. The third-order valence-electron chi connectivity index (χ3n) is 2.61. The fraction of sp³-hybridized carbons (Fsp3) is 0.778. The molecule has 0 spiro atoms. The van der Waals surface area contributed by atoms with Crippen molar-refractivity contribution in [1.82, 2.24) is 15.1 Å². The number of imide groups is 1. The topological polar surface area (TPSA) is 61.9 Å². The number of carbonyl (C=O) groups is 2. The highest BCUT2D eigenvalue weighted by Gasteiger charge is 2.27. The molecule has 0 radical (unpaired) electrons. The third kappa shape index (κ3) is 2.45. The van der Waals surface area contributed by atoms with E-state index in [-0.39, 0.29) is 11.9 Å². The van der Waals surface area contributed by atoms with E-state index in [1.807, 2.05) is 4.90 Å². The highest BCUT2D eigenvalue weighted by atomic mass is 16.5. The van der Waals surface area contributed by atoms with Gasteiger partial charge in [0.1, 0.15) is 0 Å². The van der Waals surface area contributed by atoms with Crippen LogP contribution in [-0.4, -0.2) is 61.3 Å². The molecule has 0 aromatic heterocycles. The molecule has 2 saturated heterocycles. The minimum atomic E-state index is -0.280. The van der Waals surface area contributed by atoms with E-state index in [1.165, 1.54) is 4.90 Å². The van der Waals surface area contributed by atoms with E-state index in [1.54, 1.807) is 0 Å². The zero-order valence-electron chi connectivity index (χ0n) is 8.57. The number of nitrogens with one attached hydrogen (secondary N) is 1. The lowest BCUT2D eigenvalue weighted by Crippen LogP contribution is -2.55. The molecule has 84 valence electrons. The molecule has 0 aliphatic carbocycles. The van der Waals surface area contributed by atoms with E-state index >= 15 is 0 Å². The molecule has 0 atom stereocenters. The van der Waals surface area contributed by atoms with Crippen LogP contribution in [0.3, 0.4) is 0 Å². The minimum absolute atomic E-state index is 0.0924. The smallest absolute Gasteiger partial charge is 0.325 e. The van der Waals surface area contributed by atoms with E-state index in [4.69, 9.17) is 4.74 Å². The van der Waals surface area contributed by atoms with Gasteiger partial charge in [-0.3, -0.25) is 14.6 Å². The van der Waals surface area contributed by atoms with Crippen LogP contribution in [0.15, 0.2) is 0 Å². The molecule has 0 bridgehead atoms. The first-order valence-electron chi connectivity index (χ1n) is 5.15. The molecule has 2 heterocycles. The van der Waals surface area contributed by atoms with E-state index in [9.17, 15) is 9.59 Å². The standard InChI is InChI=1S/C9H15N3O3/c13-8-1-2-10-9(14)12(8)7-11-3-5-15-6-4-11/h1-7H2,(H,10,14). The second kappa shape index (κ2) is 4.59. The summed E-state index contributed by atoms with van der Waals surface area (Å²) < 4.78 is 5.20. The Kier molecular flexibility index (Phi) is 3.17. The Balaban J connectivity index is 1.90. The van der Waals surface area contributed by atoms with Gasteiger partial charge in [-0.1, -0.05) is 0 Å². The van der Waals surface area contributed by atoms with Gasteiger partial charge < -0.3 is 10.1 Å². The van der Waals surface area contributed by atoms with E-state index in [0.717, 1.165) is 13.1 Å². The number of amides is 3. The van der Waals surface area contributed by atoms with Crippen LogP contribution in [0, 0.1) is 0 Å². The van der Waals surface area contributed by atoms with Gasteiger partial charge in [0.2, 0.25) is 5.91 Å². The van der Waals surface area contributed by atoms with Crippen LogP contribution in [0.4, 0.5) is 4.79 Å². The van der Waals surface area contributed by atoms with Crippen molar-refractivity contribution < 1.29 is 14.3 Å². The molecular formula is C9H15N3O3. The molecule has 0 unspecified atom stereocenters. The van der Waals surface area contributed by atoms with Crippen molar-refractivity contribution in [3.8, 4) is 0 Å². The molecule has 2 aliphatic heterocycles. The average molecular weight is 213 g/mol. The summed E-state index contributed by atoms with van der Waals surface area (Å²) in [7, 11) is 0. The number of ether oxygens (including phenoxy) is 1. The molecule has 0 aromatic rings. The second-order valence-corrected chi connectivity index (χ2v) is 3.68. The number of nitrogens with zero attached hydrogens (tertiary/aromatic N) is 2. The van der Waals surface area contributed by atoms with Crippen molar-refractivity contribution in [2.24, 2.45) is 0 Å². The molecule has 2 fully saturated rings. The minimum Gasteiger partial charge on any atom is -0.379 e. The number of morpholine rings is 1. The first-order chi connectivity index (χ1) is 7.27.